The molecule has 0 atom stereocenters. The van der Waals surface area contributed by atoms with Crippen molar-refractivity contribution >= 4 is 17.8 Å². The molecule has 2 aromatic carbocycles. The van der Waals surface area contributed by atoms with Crippen LogP contribution in [-0.4, -0.2) is 48.9 Å². The molecule has 1 N–H and O–H groups in total. The number of esters is 1. The van der Waals surface area contributed by atoms with E-state index in [4.69, 9.17) is 9.47 Å². The minimum atomic E-state index is -0.427. The molecule has 2 aromatic rings. The number of hydrogen-bond acceptors (Lipinski definition) is 5. The summed E-state index contributed by atoms with van der Waals surface area (Å²) in [5, 5.41) is 2.95. The third-order valence-electron chi connectivity index (χ3n) is 5.58. The molecule has 0 radical (unpaired) electrons. The highest BCUT2D eigenvalue weighted by Crippen LogP contribution is 2.20. The summed E-state index contributed by atoms with van der Waals surface area (Å²) >= 11 is 0. The number of nitrogens with zero attached hydrogens (tertiary/aromatic N) is 1. The Kier molecular flexibility index (Phi) is 8.25. The van der Waals surface area contributed by atoms with Gasteiger partial charge in [-0.25, -0.2) is 0 Å². The molecule has 1 aliphatic heterocycles. The van der Waals surface area contributed by atoms with Gasteiger partial charge < -0.3 is 19.7 Å². The van der Waals surface area contributed by atoms with Crippen LogP contribution in [0.3, 0.4) is 0 Å². The second kappa shape index (κ2) is 11.3. The van der Waals surface area contributed by atoms with E-state index in [2.05, 4.69) is 12.2 Å². The Morgan fingerprint density at radius 2 is 1.81 bits per heavy atom. The largest absolute Gasteiger partial charge is 0.483 e. The zero-order valence-corrected chi connectivity index (χ0v) is 18.6. The highest BCUT2D eigenvalue weighted by Gasteiger charge is 2.23. The van der Waals surface area contributed by atoms with Gasteiger partial charge in [-0.1, -0.05) is 31.2 Å². The average Bonchev–Trinajstić information content (AvgIpc) is 2.81. The number of aryl methyl sites for hydroxylation is 1. The van der Waals surface area contributed by atoms with E-state index in [0.29, 0.717) is 36.9 Å². The van der Waals surface area contributed by atoms with E-state index in [1.54, 1.807) is 24.3 Å². The van der Waals surface area contributed by atoms with Gasteiger partial charge in [0.2, 0.25) is 0 Å². The Morgan fingerprint density at radius 3 is 2.53 bits per heavy atom. The number of piperidine rings is 1. The lowest BCUT2D eigenvalue weighted by molar-refractivity contribution is -0.135. The summed E-state index contributed by atoms with van der Waals surface area (Å²) in [6, 6.07) is 14.3. The van der Waals surface area contributed by atoms with Crippen LogP contribution in [-0.2, 0) is 16.0 Å². The van der Waals surface area contributed by atoms with Crippen molar-refractivity contribution in [3.8, 4) is 11.5 Å². The zero-order valence-electron chi connectivity index (χ0n) is 18.6. The highest BCUT2D eigenvalue weighted by atomic mass is 16.5. The minimum absolute atomic E-state index is 0.0133. The summed E-state index contributed by atoms with van der Waals surface area (Å²) in [7, 11) is 0. The third kappa shape index (κ3) is 6.57. The monoisotopic (exact) mass is 438 g/mol. The van der Waals surface area contributed by atoms with Crippen molar-refractivity contribution in [3.63, 3.8) is 0 Å². The molecule has 170 valence electrons. The summed E-state index contributed by atoms with van der Waals surface area (Å²) in [6.45, 7) is 5.26. The summed E-state index contributed by atoms with van der Waals surface area (Å²) in [4.78, 5) is 37.9. The Morgan fingerprint density at radius 1 is 1.06 bits per heavy atom. The zero-order chi connectivity index (χ0) is 22.9. The number of amides is 2. The molecule has 0 saturated carbocycles. The SMILES string of the molecule is CCc1ccccc1OCC(=O)N1CCC(CNC(=O)c2cccc(OC(C)=O)c2)CC1. The van der Waals surface area contributed by atoms with Crippen LogP contribution in [0.1, 0.15) is 42.6 Å². The van der Waals surface area contributed by atoms with Gasteiger partial charge in [0.05, 0.1) is 0 Å². The van der Waals surface area contributed by atoms with E-state index in [0.717, 1.165) is 30.6 Å². The number of ether oxygens (including phenoxy) is 2. The second-order valence-electron chi connectivity index (χ2n) is 7.91. The van der Waals surface area contributed by atoms with Gasteiger partial charge in [-0.3, -0.25) is 14.4 Å². The molecule has 1 aliphatic rings. The number of carbonyl (C=O) groups is 3. The first-order valence-corrected chi connectivity index (χ1v) is 11.0. The fourth-order valence-corrected chi connectivity index (χ4v) is 3.76. The summed E-state index contributed by atoms with van der Waals surface area (Å²) in [5.41, 5.74) is 1.54. The first-order valence-electron chi connectivity index (χ1n) is 11.0. The van der Waals surface area contributed by atoms with Crippen molar-refractivity contribution in [2.24, 2.45) is 5.92 Å². The van der Waals surface area contributed by atoms with Crippen molar-refractivity contribution in [2.75, 3.05) is 26.2 Å². The van der Waals surface area contributed by atoms with Crippen LogP contribution >= 0.6 is 0 Å². The Labute approximate surface area is 188 Å². The van der Waals surface area contributed by atoms with Crippen LogP contribution in [0.15, 0.2) is 48.5 Å². The Bertz CT molecular complexity index is 951. The van der Waals surface area contributed by atoms with Crippen LogP contribution < -0.4 is 14.8 Å². The lowest BCUT2D eigenvalue weighted by Crippen LogP contribution is -2.43. The molecule has 7 heteroatoms. The van der Waals surface area contributed by atoms with Gasteiger partial charge in [-0.15, -0.1) is 0 Å². The quantitative estimate of drug-likeness (QED) is 0.505. The molecule has 2 amide bonds. The van der Waals surface area contributed by atoms with E-state index in [1.165, 1.54) is 6.92 Å². The maximum absolute atomic E-state index is 12.5. The van der Waals surface area contributed by atoms with E-state index in [-0.39, 0.29) is 18.4 Å². The number of likely N-dealkylation sites (tertiary alicyclic amines) is 1. The maximum atomic E-state index is 12.5. The van der Waals surface area contributed by atoms with E-state index in [9.17, 15) is 14.4 Å². The smallest absolute Gasteiger partial charge is 0.308 e. The predicted molar refractivity (Wildman–Crippen MR) is 121 cm³/mol. The molecule has 0 spiro atoms. The van der Waals surface area contributed by atoms with Crippen LogP contribution in [0.2, 0.25) is 0 Å². The van der Waals surface area contributed by atoms with Gasteiger partial charge in [0.25, 0.3) is 11.8 Å². The van der Waals surface area contributed by atoms with Crippen molar-refractivity contribution in [1.82, 2.24) is 10.2 Å². The molecule has 1 saturated heterocycles. The second-order valence-corrected chi connectivity index (χ2v) is 7.91. The standard InChI is InChI=1S/C25H30N2O5/c1-3-20-7-4-5-10-23(20)31-17-24(29)27-13-11-19(12-14-27)16-26-25(30)21-8-6-9-22(15-21)32-18(2)28/h4-10,15,19H,3,11-14,16-17H2,1-2H3,(H,26,30). The number of carbonyl (C=O) groups excluding carboxylic acids is 3. The van der Waals surface area contributed by atoms with Crippen LogP contribution in [0.4, 0.5) is 0 Å². The molecule has 1 fully saturated rings. The molecule has 7 nitrogen and oxygen atoms in total. The number of rotatable bonds is 8. The van der Waals surface area contributed by atoms with Crippen LogP contribution in [0.25, 0.3) is 0 Å². The Balaban J connectivity index is 1.41. The minimum Gasteiger partial charge on any atom is -0.483 e. The molecule has 32 heavy (non-hydrogen) atoms. The van der Waals surface area contributed by atoms with Crippen molar-refractivity contribution in [2.45, 2.75) is 33.1 Å². The molecule has 0 aliphatic carbocycles. The molecular formula is C25H30N2O5. The van der Waals surface area contributed by atoms with Crippen molar-refractivity contribution in [1.29, 1.82) is 0 Å². The fraction of sp³-hybridized carbons (Fsp3) is 0.400. The van der Waals surface area contributed by atoms with Gasteiger partial charge in [-0.05, 0) is 55.0 Å². The van der Waals surface area contributed by atoms with Gasteiger partial charge in [-0.2, -0.15) is 0 Å². The van der Waals surface area contributed by atoms with E-state index in [1.807, 2.05) is 29.2 Å². The average molecular weight is 439 g/mol. The van der Waals surface area contributed by atoms with Gasteiger partial charge >= 0.3 is 5.97 Å². The maximum Gasteiger partial charge on any atom is 0.308 e. The molecule has 0 unspecified atom stereocenters. The third-order valence-corrected chi connectivity index (χ3v) is 5.58. The normalized spacial score (nSPS) is 14.0. The number of para-hydroxylation sites is 1. The highest BCUT2D eigenvalue weighted by molar-refractivity contribution is 5.94. The predicted octanol–water partition coefficient (Wildman–Crippen LogP) is 3.22. The first kappa shape index (κ1) is 23.3. The summed E-state index contributed by atoms with van der Waals surface area (Å²) < 4.78 is 10.8. The van der Waals surface area contributed by atoms with Crippen molar-refractivity contribution < 1.29 is 23.9 Å². The lowest BCUT2D eigenvalue weighted by Gasteiger charge is -2.32. The van der Waals surface area contributed by atoms with Gasteiger partial charge in [0.15, 0.2) is 6.61 Å². The van der Waals surface area contributed by atoms with Gasteiger partial charge in [0.1, 0.15) is 11.5 Å². The van der Waals surface area contributed by atoms with Gasteiger partial charge in [0, 0.05) is 32.1 Å². The topological polar surface area (TPSA) is 84.9 Å². The first-order chi connectivity index (χ1) is 15.5. The fourth-order valence-electron chi connectivity index (χ4n) is 3.76. The molecule has 0 aromatic heterocycles. The molecule has 0 bridgehead atoms. The van der Waals surface area contributed by atoms with Crippen molar-refractivity contribution in [3.05, 3.63) is 59.7 Å². The van der Waals surface area contributed by atoms with E-state index >= 15 is 0 Å². The number of benzene rings is 2. The molecule has 3 rings (SSSR count). The van der Waals surface area contributed by atoms with Crippen LogP contribution in [0, 0.1) is 5.92 Å². The van der Waals surface area contributed by atoms with E-state index < -0.39 is 5.97 Å². The Hall–Kier alpha value is -3.35. The lowest BCUT2D eigenvalue weighted by atomic mass is 9.96. The summed E-state index contributed by atoms with van der Waals surface area (Å²) in [6.07, 6.45) is 2.51. The molecular weight excluding hydrogens is 408 g/mol. The number of hydrogen-bond donors (Lipinski definition) is 1. The molecule has 1 heterocycles. The summed E-state index contributed by atoms with van der Waals surface area (Å²) in [5.74, 6) is 0.769. The number of nitrogens with one attached hydrogen (secondary N) is 1. The van der Waals surface area contributed by atoms with Crippen LogP contribution in [0.5, 0.6) is 11.5 Å².